The van der Waals surface area contributed by atoms with Gasteiger partial charge in [0.25, 0.3) is 0 Å². The van der Waals surface area contributed by atoms with E-state index in [1.807, 2.05) is 0 Å². The number of halogens is 1. The first-order valence-electron chi connectivity index (χ1n) is 5.31. The van der Waals surface area contributed by atoms with Crippen molar-refractivity contribution in [2.75, 3.05) is 17.6 Å². The maximum Gasteiger partial charge on any atom is 0.338 e. The molecule has 6 nitrogen and oxygen atoms in total. The number of benzene rings is 1. The molecule has 0 spiro atoms. The number of carbonyl (C=O) groups is 1. The molecule has 0 fully saturated rings. The SMILES string of the molecule is COC(C)CS(=O)(=O)Nc1ccc(F)c(C(=O)O)c1. The molecule has 0 saturated heterocycles. The molecule has 1 unspecified atom stereocenters. The quantitative estimate of drug-likeness (QED) is 0.824. The number of carboxylic acid groups (broad SMARTS) is 1. The van der Waals surface area contributed by atoms with Gasteiger partial charge < -0.3 is 9.84 Å². The van der Waals surface area contributed by atoms with Gasteiger partial charge in [0.15, 0.2) is 0 Å². The number of nitrogens with one attached hydrogen (secondary N) is 1. The summed E-state index contributed by atoms with van der Waals surface area (Å²) in [4.78, 5) is 10.7. The lowest BCUT2D eigenvalue weighted by molar-refractivity contribution is 0.0692. The summed E-state index contributed by atoms with van der Waals surface area (Å²) in [6, 6.07) is 2.96. The van der Waals surface area contributed by atoms with Gasteiger partial charge in [0.05, 0.1) is 17.4 Å². The summed E-state index contributed by atoms with van der Waals surface area (Å²) in [7, 11) is -2.32. The Kier molecular flexibility index (Phi) is 4.84. The lowest BCUT2D eigenvalue weighted by Crippen LogP contribution is -2.25. The molecule has 1 aromatic carbocycles. The minimum absolute atomic E-state index is 0.0119. The third-order valence-corrected chi connectivity index (χ3v) is 3.78. The summed E-state index contributed by atoms with van der Waals surface area (Å²) in [6.45, 7) is 1.58. The van der Waals surface area contributed by atoms with E-state index in [-0.39, 0.29) is 11.4 Å². The summed E-state index contributed by atoms with van der Waals surface area (Å²) in [6.07, 6.45) is -0.517. The number of hydrogen-bond acceptors (Lipinski definition) is 4. The van der Waals surface area contributed by atoms with E-state index in [0.717, 1.165) is 18.2 Å². The van der Waals surface area contributed by atoms with Gasteiger partial charge in [-0.3, -0.25) is 4.72 Å². The minimum atomic E-state index is -3.69. The highest BCUT2D eigenvalue weighted by molar-refractivity contribution is 7.92. The van der Waals surface area contributed by atoms with E-state index in [2.05, 4.69) is 4.72 Å². The summed E-state index contributed by atoms with van der Waals surface area (Å²) in [5.74, 6) is -2.69. The summed E-state index contributed by atoms with van der Waals surface area (Å²) in [5.41, 5.74) is -0.609. The van der Waals surface area contributed by atoms with E-state index in [0.29, 0.717) is 0 Å². The van der Waals surface area contributed by atoms with Crippen molar-refractivity contribution < 1.29 is 27.4 Å². The lowest BCUT2D eigenvalue weighted by atomic mass is 10.2. The fourth-order valence-corrected chi connectivity index (χ4v) is 2.67. The van der Waals surface area contributed by atoms with Gasteiger partial charge in [0.2, 0.25) is 10.0 Å². The van der Waals surface area contributed by atoms with Crippen LogP contribution < -0.4 is 4.72 Å². The average molecular weight is 291 g/mol. The van der Waals surface area contributed by atoms with E-state index in [9.17, 15) is 17.6 Å². The first-order chi connectivity index (χ1) is 8.75. The highest BCUT2D eigenvalue weighted by Gasteiger charge is 2.17. The molecular weight excluding hydrogens is 277 g/mol. The third-order valence-electron chi connectivity index (χ3n) is 2.33. The van der Waals surface area contributed by atoms with Gasteiger partial charge in [-0.15, -0.1) is 0 Å². The molecule has 0 radical (unpaired) electrons. The normalized spacial score (nSPS) is 13.0. The summed E-state index contributed by atoms with van der Waals surface area (Å²) < 4.78 is 43.5. The molecule has 0 saturated carbocycles. The van der Waals surface area contributed by atoms with Crippen LogP contribution in [0, 0.1) is 5.82 Å². The number of anilines is 1. The first kappa shape index (κ1) is 15.4. The maximum atomic E-state index is 13.1. The number of ether oxygens (including phenoxy) is 1. The van der Waals surface area contributed by atoms with Crippen LogP contribution in [0.5, 0.6) is 0 Å². The molecule has 0 aliphatic heterocycles. The van der Waals surface area contributed by atoms with Crippen LogP contribution >= 0.6 is 0 Å². The van der Waals surface area contributed by atoms with Crippen LogP contribution in [0.4, 0.5) is 10.1 Å². The first-order valence-corrected chi connectivity index (χ1v) is 6.96. The number of aromatic carboxylic acids is 1. The monoisotopic (exact) mass is 291 g/mol. The number of sulfonamides is 1. The molecule has 0 bridgehead atoms. The second-order valence-corrected chi connectivity index (χ2v) is 5.70. The van der Waals surface area contributed by atoms with Gasteiger partial charge in [0.1, 0.15) is 5.82 Å². The van der Waals surface area contributed by atoms with Gasteiger partial charge in [-0.05, 0) is 25.1 Å². The molecule has 1 atom stereocenters. The van der Waals surface area contributed by atoms with Crippen LogP contribution in [-0.2, 0) is 14.8 Å². The molecule has 1 rings (SSSR count). The summed E-state index contributed by atoms with van der Waals surface area (Å²) >= 11 is 0. The molecule has 0 aliphatic rings. The second-order valence-electron chi connectivity index (χ2n) is 3.93. The van der Waals surface area contributed by atoms with Gasteiger partial charge in [0, 0.05) is 12.8 Å². The third kappa shape index (κ3) is 4.49. The predicted octanol–water partition coefficient (Wildman–Crippen LogP) is 1.30. The number of hydrogen-bond donors (Lipinski definition) is 2. The van der Waals surface area contributed by atoms with E-state index < -0.39 is 33.5 Å². The van der Waals surface area contributed by atoms with Gasteiger partial charge in [-0.2, -0.15) is 0 Å². The lowest BCUT2D eigenvalue weighted by Gasteiger charge is -2.12. The number of methoxy groups -OCH3 is 1. The standard InChI is InChI=1S/C11H14FNO5S/c1-7(18-2)6-19(16,17)13-8-3-4-10(12)9(5-8)11(14)15/h3-5,7,13H,6H2,1-2H3,(H,14,15). The van der Waals surface area contributed by atoms with E-state index in [1.54, 1.807) is 6.92 Å². The maximum absolute atomic E-state index is 13.1. The zero-order valence-corrected chi connectivity index (χ0v) is 11.2. The predicted molar refractivity (Wildman–Crippen MR) is 67.2 cm³/mol. The Labute approximate surface area is 110 Å². The Balaban J connectivity index is 2.94. The number of rotatable bonds is 6. The van der Waals surface area contributed by atoms with Crippen LogP contribution in [-0.4, -0.2) is 38.5 Å². The van der Waals surface area contributed by atoms with Crippen LogP contribution in [0.3, 0.4) is 0 Å². The van der Waals surface area contributed by atoms with Crippen molar-refractivity contribution in [3.8, 4) is 0 Å². The van der Waals surface area contributed by atoms with Crippen LogP contribution in [0.2, 0.25) is 0 Å². The second kappa shape index (κ2) is 5.98. The molecule has 8 heteroatoms. The molecule has 19 heavy (non-hydrogen) atoms. The van der Waals surface area contributed by atoms with E-state index in [4.69, 9.17) is 9.84 Å². The van der Waals surface area contributed by atoms with Crippen LogP contribution in [0.15, 0.2) is 18.2 Å². The highest BCUT2D eigenvalue weighted by Crippen LogP contribution is 2.16. The molecule has 0 heterocycles. The number of carboxylic acids is 1. The Bertz CT molecular complexity index is 572. The Morgan fingerprint density at radius 3 is 2.68 bits per heavy atom. The van der Waals surface area contributed by atoms with Crippen LogP contribution in [0.1, 0.15) is 17.3 Å². The van der Waals surface area contributed by atoms with Crippen molar-refractivity contribution in [2.45, 2.75) is 13.0 Å². The Morgan fingerprint density at radius 2 is 2.16 bits per heavy atom. The van der Waals surface area contributed by atoms with Gasteiger partial charge in [-0.1, -0.05) is 0 Å². The van der Waals surface area contributed by atoms with Crippen molar-refractivity contribution >= 4 is 21.7 Å². The van der Waals surface area contributed by atoms with Gasteiger partial charge in [-0.25, -0.2) is 17.6 Å². The van der Waals surface area contributed by atoms with Gasteiger partial charge >= 0.3 is 5.97 Å². The van der Waals surface area contributed by atoms with Crippen molar-refractivity contribution in [1.29, 1.82) is 0 Å². The van der Waals surface area contributed by atoms with Crippen molar-refractivity contribution in [3.63, 3.8) is 0 Å². The zero-order chi connectivity index (χ0) is 14.6. The molecule has 106 valence electrons. The highest BCUT2D eigenvalue weighted by atomic mass is 32.2. The fourth-order valence-electron chi connectivity index (χ4n) is 1.35. The van der Waals surface area contributed by atoms with E-state index in [1.165, 1.54) is 7.11 Å². The van der Waals surface area contributed by atoms with Crippen molar-refractivity contribution in [1.82, 2.24) is 0 Å². The minimum Gasteiger partial charge on any atom is -0.478 e. The van der Waals surface area contributed by atoms with Crippen molar-refractivity contribution in [3.05, 3.63) is 29.6 Å². The molecule has 0 aromatic heterocycles. The Morgan fingerprint density at radius 1 is 1.53 bits per heavy atom. The average Bonchev–Trinajstić information content (AvgIpc) is 2.30. The molecule has 1 aromatic rings. The van der Waals surface area contributed by atoms with E-state index >= 15 is 0 Å². The molecule has 2 N–H and O–H groups in total. The molecular formula is C11H14FNO5S. The molecule has 0 amide bonds. The topological polar surface area (TPSA) is 92.7 Å². The fraction of sp³-hybridized carbons (Fsp3) is 0.364. The largest absolute Gasteiger partial charge is 0.478 e. The van der Waals surface area contributed by atoms with Crippen molar-refractivity contribution in [2.24, 2.45) is 0 Å². The smallest absolute Gasteiger partial charge is 0.338 e. The molecule has 0 aliphatic carbocycles. The van der Waals surface area contributed by atoms with Crippen LogP contribution in [0.25, 0.3) is 0 Å². The zero-order valence-electron chi connectivity index (χ0n) is 10.4. The summed E-state index contributed by atoms with van der Waals surface area (Å²) in [5, 5.41) is 8.73. The Hall–Kier alpha value is -1.67.